The molecule has 1 aromatic carbocycles. The van der Waals surface area contributed by atoms with Crippen molar-refractivity contribution in [3.05, 3.63) is 29.3 Å². The van der Waals surface area contributed by atoms with Crippen molar-refractivity contribution < 1.29 is 14.3 Å². The molecule has 2 amide bonds. The van der Waals surface area contributed by atoms with Gasteiger partial charge in [-0.3, -0.25) is 0 Å². The van der Waals surface area contributed by atoms with Gasteiger partial charge in [-0.2, -0.15) is 0 Å². The zero-order valence-electron chi connectivity index (χ0n) is 12.7. The first kappa shape index (κ1) is 16.5. The molecule has 0 fully saturated rings. The fourth-order valence-electron chi connectivity index (χ4n) is 1.83. The van der Waals surface area contributed by atoms with Crippen molar-refractivity contribution in [1.29, 1.82) is 0 Å². The average Bonchev–Trinajstić information content (AvgIpc) is 2.40. The molecule has 5 nitrogen and oxygen atoms in total. The number of aryl methyl sites for hydroxylation is 1. The number of carbonyl (C=O) groups excluding carboxylic acids is 1. The molecule has 5 heteroatoms. The molecule has 0 bridgehead atoms. The van der Waals surface area contributed by atoms with Crippen molar-refractivity contribution in [2.45, 2.75) is 26.7 Å². The van der Waals surface area contributed by atoms with Gasteiger partial charge in [0.1, 0.15) is 6.73 Å². The number of amides is 2. The Bertz CT molecular complexity index is 433. The standard InChI is InChI=1S/C15H24N2O3/c1-11(2)13-7-5-6-12(3)14(13)17-15(18)16-10-20-9-8-19-4/h5-7,11H,8-10H2,1-4H3,(H2,16,17,18). The lowest BCUT2D eigenvalue weighted by Crippen LogP contribution is -2.31. The van der Waals surface area contributed by atoms with Crippen LogP contribution in [0.2, 0.25) is 0 Å². The van der Waals surface area contributed by atoms with E-state index in [1.165, 1.54) is 0 Å². The number of methoxy groups -OCH3 is 1. The number of anilines is 1. The van der Waals surface area contributed by atoms with Crippen molar-refractivity contribution in [3.8, 4) is 0 Å². The van der Waals surface area contributed by atoms with Crippen molar-refractivity contribution in [1.82, 2.24) is 5.32 Å². The van der Waals surface area contributed by atoms with Crippen LogP contribution in [0.15, 0.2) is 18.2 Å². The summed E-state index contributed by atoms with van der Waals surface area (Å²) in [4.78, 5) is 11.8. The molecule has 1 rings (SSSR count). The van der Waals surface area contributed by atoms with Gasteiger partial charge in [0.05, 0.1) is 13.2 Å². The number of urea groups is 1. The Labute approximate surface area is 120 Å². The van der Waals surface area contributed by atoms with E-state index in [1.54, 1.807) is 7.11 Å². The topological polar surface area (TPSA) is 59.6 Å². The smallest absolute Gasteiger partial charge is 0.321 e. The first-order valence-corrected chi connectivity index (χ1v) is 6.77. The van der Waals surface area contributed by atoms with Gasteiger partial charge in [0.2, 0.25) is 0 Å². The Balaban J connectivity index is 2.53. The lowest BCUT2D eigenvalue weighted by atomic mass is 9.98. The van der Waals surface area contributed by atoms with Crippen molar-refractivity contribution in [3.63, 3.8) is 0 Å². The Hall–Kier alpha value is -1.59. The van der Waals surface area contributed by atoms with Crippen LogP contribution in [-0.4, -0.2) is 33.1 Å². The van der Waals surface area contributed by atoms with Crippen LogP contribution in [0.25, 0.3) is 0 Å². The molecule has 0 heterocycles. The third-order valence-corrected chi connectivity index (χ3v) is 2.93. The highest BCUT2D eigenvalue weighted by Gasteiger charge is 2.11. The third kappa shape index (κ3) is 5.19. The fraction of sp³-hybridized carbons (Fsp3) is 0.533. The van der Waals surface area contributed by atoms with Gasteiger partial charge in [0.15, 0.2) is 0 Å². The Morgan fingerprint density at radius 2 is 2.05 bits per heavy atom. The SMILES string of the molecule is COCCOCNC(=O)Nc1c(C)cccc1C(C)C. The Kier molecular flexibility index (Phi) is 7.04. The molecule has 0 radical (unpaired) electrons. The monoisotopic (exact) mass is 280 g/mol. The van der Waals surface area contributed by atoms with E-state index in [1.807, 2.05) is 25.1 Å². The highest BCUT2D eigenvalue weighted by Crippen LogP contribution is 2.27. The number of hydrogen-bond acceptors (Lipinski definition) is 3. The molecule has 112 valence electrons. The lowest BCUT2D eigenvalue weighted by Gasteiger charge is -2.16. The van der Waals surface area contributed by atoms with E-state index < -0.39 is 0 Å². The molecule has 0 unspecified atom stereocenters. The minimum absolute atomic E-state index is 0.165. The van der Waals surface area contributed by atoms with E-state index in [0.717, 1.165) is 16.8 Å². The third-order valence-electron chi connectivity index (χ3n) is 2.93. The molecule has 0 aliphatic carbocycles. The van der Waals surface area contributed by atoms with Crippen molar-refractivity contribution in [2.24, 2.45) is 0 Å². The van der Waals surface area contributed by atoms with Crippen LogP contribution >= 0.6 is 0 Å². The number of benzene rings is 1. The zero-order chi connectivity index (χ0) is 15.0. The number of rotatable bonds is 7. The second-order valence-corrected chi connectivity index (χ2v) is 4.87. The molecule has 0 aliphatic rings. The van der Waals surface area contributed by atoms with Crippen LogP contribution in [0.1, 0.15) is 30.9 Å². The van der Waals surface area contributed by atoms with Crippen molar-refractivity contribution in [2.75, 3.05) is 32.4 Å². The van der Waals surface area contributed by atoms with Crippen LogP contribution < -0.4 is 10.6 Å². The highest BCUT2D eigenvalue weighted by molar-refractivity contribution is 5.91. The summed E-state index contributed by atoms with van der Waals surface area (Å²) in [7, 11) is 1.61. The number of carbonyl (C=O) groups is 1. The van der Waals surface area contributed by atoms with Gasteiger partial charge in [0.25, 0.3) is 0 Å². The summed E-state index contributed by atoms with van der Waals surface area (Å²) in [5.41, 5.74) is 3.05. The molecular formula is C15H24N2O3. The summed E-state index contributed by atoms with van der Waals surface area (Å²) in [6, 6.07) is 5.75. The molecular weight excluding hydrogens is 256 g/mol. The quantitative estimate of drug-likeness (QED) is 0.596. The zero-order valence-corrected chi connectivity index (χ0v) is 12.7. The maximum atomic E-state index is 11.8. The van der Waals surface area contributed by atoms with Gasteiger partial charge in [0, 0.05) is 12.8 Å². The number of nitrogens with one attached hydrogen (secondary N) is 2. The maximum Gasteiger partial charge on any atom is 0.321 e. The summed E-state index contributed by atoms with van der Waals surface area (Å²) in [5, 5.41) is 5.55. The van der Waals surface area contributed by atoms with Crippen LogP contribution in [0, 0.1) is 6.92 Å². The minimum atomic E-state index is -0.265. The second kappa shape index (κ2) is 8.55. The van der Waals surface area contributed by atoms with Gasteiger partial charge in [-0.15, -0.1) is 0 Å². The second-order valence-electron chi connectivity index (χ2n) is 4.87. The van der Waals surface area contributed by atoms with Crippen molar-refractivity contribution >= 4 is 11.7 Å². The van der Waals surface area contributed by atoms with Crippen LogP contribution in [-0.2, 0) is 9.47 Å². The lowest BCUT2D eigenvalue weighted by molar-refractivity contribution is 0.0650. The predicted octanol–water partition coefficient (Wildman–Crippen LogP) is 2.86. The molecule has 0 aliphatic heterocycles. The van der Waals surface area contributed by atoms with E-state index >= 15 is 0 Å². The van der Waals surface area contributed by atoms with E-state index in [-0.39, 0.29) is 12.8 Å². The Morgan fingerprint density at radius 3 is 2.70 bits per heavy atom. The summed E-state index contributed by atoms with van der Waals surface area (Å²) in [6.07, 6.45) is 0. The molecule has 2 N–H and O–H groups in total. The van der Waals surface area contributed by atoms with Gasteiger partial charge in [-0.1, -0.05) is 32.0 Å². The van der Waals surface area contributed by atoms with Gasteiger partial charge in [-0.25, -0.2) is 4.79 Å². The largest absolute Gasteiger partial charge is 0.382 e. The fourth-order valence-corrected chi connectivity index (χ4v) is 1.83. The van der Waals surface area contributed by atoms with E-state index in [2.05, 4.69) is 24.5 Å². The summed E-state index contributed by atoms with van der Waals surface area (Å²) < 4.78 is 10.0. The molecule has 0 saturated heterocycles. The summed E-state index contributed by atoms with van der Waals surface area (Å²) in [5.74, 6) is 0.350. The normalized spacial score (nSPS) is 10.7. The van der Waals surface area contributed by atoms with Crippen LogP contribution in [0.4, 0.5) is 10.5 Å². The summed E-state index contributed by atoms with van der Waals surface area (Å²) in [6.45, 7) is 7.32. The van der Waals surface area contributed by atoms with E-state index in [0.29, 0.717) is 19.1 Å². The first-order valence-electron chi connectivity index (χ1n) is 6.77. The average molecular weight is 280 g/mol. The molecule has 0 aromatic heterocycles. The van der Waals surface area contributed by atoms with E-state index in [4.69, 9.17) is 9.47 Å². The first-order chi connectivity index (χ1) is 9.56. The maximum absolute atomic E-state index is 11.8. The number of ether oxygens (including phenoxy) is 2. The van der Waals surface area contributed by atoms with E-state index in [9.17, 15) is 4.79 Å². The molecule has 0 spiro atoms. The molecule has 0 atom stereocenters. The molecule has 0 saturated carbocycles. The molecule has 1 aromatic rings. The van der Waals surface area contributed by atoms with Gasteiger partial charge in [-0.05, 0) is 24.0 Å². The van der Waals surface area contributed by atoms with Gasteiger partial charge < -0.3 is 20.1 Å². The molecule has 20 heavy (non-hydrogen) atoms. The van der Waals surface area contributed by atoms with Crippen LogP contribution in [0.5, 0.6) is 0 Å². The predicted molar refractivity (Wildman–Crippen MR) is 80.1 cm³/mol. The number of hydrogen-bond donors (Lipinski definition) is 2. The van der Waals surface area contributed by atoms with Gasteiger partial charge >= 0.3 is 6.03 Å². The minimum Gasteiger partial charge on any atom is -0.382 e. The number of para-hydroxylation sites is 1. The summed E-state index contributed by atoms with van der Waals surface area (Å²) >= 11 is 0. The highest BCUT2D eigenvalue weighted by atomic mass is 16.5. The Morgan fingerprint density at radius 1 is 1.30 bits per heavy atom. The van der Waals surface area contributed by atoms with Crippen LogP contribution in [0.3, 0.4) is 0 Å².